The maximum atomic E-state index is 8.88. The molecule has 0 aliphatic rings. The molecule has 0 aliphatic heterocycles. The largest absolute Gasteiger partial charge is 0.316 e. The van der Waals surface area contributed by atoms with E-state index in [1.54, 1.807) is 0 Å². The van der Waals surface area contributed by atoms with Crippen LogP contribution in [0.1, 0.15) is 0 Å². The van der Waals surface area contributed by atoms with Crippen molar-refractivity contribution in [3.8, 4) is 0 Å². The van der Waals surface area contributed by atoms with Gasteiger partial charge in [-0.3, -0.25) is 0 Å². The van der Waals surface area contributed by atoms with Crippen LogP contribution in [0.5, 0.6) is 0 Å². The Morgan fingerprint density at radius 1 is 1.14 bits per heavy atom. The molecule has 0 spiro atoms. The third-order valence-electron chi connectivity index (χ3n) is 0. The number of hydrogen-bond acceptors (Lipinski definition) is 1. The van der Waals surface area contributed by atoms with Crippen molar-refractivity contribution in [2.24, 2.45) is 0 Å². The van der Waals surface area contributed by atoms with Crippen molar-refractivity contribution in [2.75, 3.05) is 0 Å². The number of rotatable bonds is 0. The van der Waals surface area contributed by atoms with Gasteiger partial charge >= 0.3 is 49.7 Å². The quantitative estimate of drug-likeness (QED) is 0.252. The molecule has 0 unspecified atom stereocenters. The smallest absolute Gasteiger partial charge is 0.316 e. The first-order chi connectivity index (χ1) is 2.00. The summed E-state index contributed by atoms with van der Waals surface area (Å²) >= 11 is 0. The Bertz CT molecular complexity index is 57.8. The Hall–Kier alpha value is 1.47. The van der Waals surface area contributed by atoms with E-state index in [1.807, 2.05) is 0 Å². The van der Waals surface area contributed by atoms with Gasteiger partial charge in [-0.1, -0.05) is 0 Å². The zero-order chi connectivity index (χ0) is 4.50. The summed E-state index contributed by atoms with van der Waals surface area (Å²) in [4.78, 5) is 21.6. The van der Waals surface area contributed by atoms with Gasteiger partial charge in [0.05, 0.1) is 0 Å². The molecule has 0 saturated heterocycles. The van der Waals surface area contributed by atoms with Gasteiger partial charge in [0.1, 0.15) is 0 Å². The van der Waals surface area contributed by atoms with E-state index in [2.05, 4.69) is 0 Å². The van der Waals surface area contributed by atoms with Gasteiger partial charge in [-0.05, 0) is 0 Å². The number of phosphoric acid groups is 1. The second-order valence-electron chi connectivity index (χ2n) is 0.513. The molecule has 38 valence electrons. The van der Waals surface area contributed by atoms with E-state index in [9.17, 15) is 0 Å². The van der Waals surface area contributed by atoms with Gasteiger partial charge in [0.15, 0.2) is 0 Å². The van der Waals surface area contributed by atoms with Crippen molar-refractivity contribution in [3.63, 3.8) is 0 Å². The predicted molar refractivity (Wildman–Crippen MR) is 30.0 cm³/mol. The van der Waals surface area contributed by atoms with Crippen LogP contribution in [0.3, 0.4) is 0 Å². The number of hydrogen-bond donors (Lipinski definition) is 3. The minimum atomic E-state index is -4.64. The van der Waals surface area contributed by atoms with Gasteiger partial charge in [-0.25, -0.2) is 4.57 Å². The summed E-state index contributed by atoms with van der Waals surface area (Å²) in [5, 5.41) is 0. The third kappa shape index (κ3) is 103. The SMILES string of the molecule is O=P(O)(O)O.[LiH].[MgH2]. The van der Waals surface area contributed by atoms with E-state index in [-0.39, 0.29) is 41.9 Å². The van der Waals surface area contributed by atoms with Gasteiger partial charge in [0, 0.05) is 0 Å². The summed E-state index contributed by atoms with van der Waals surface area (Å²) in [7, 11) is -4.64. The molecule has 0 aliphatic carbocycles. The van der Waals surface area contributed by atoms with Crippen molar-refractivity contribution in [3.05, 3.63) is 0 Å². The summed E-state index contributed by atoms with van der Waals surface area (Å²) in [6, 6.07) is 0. The zero-order valence-electron chi connectivity index (χ0n) is 2.20. The van der Waals surface area contributed by atoms with Crippen LogP contribution in [-0.2, 0) is 4.57 Å². The molecule has 0 radical (unpaired) electrons. The summed E-state index contributed by atoms with van der Waals surface area (Å²) in [5.74, 6) is 0. The molecule has 0 aromatic rings. The van der Waals surface area contributed by atoms with E-state index >= 15 is 0 Å². The van der Waals surface area contributed by atoms with Gasteiger partial charge in [0.2, 0.25) is 0 Å². The van der Waals surface area contributed by atoms with Crippen molar-refractivity contribution >= 4 is 49.7 Å². The molecular formula is H6LiMgO4P. The molecule has 0 rings (SSSR count). The first-order valence-electron chi connectivity index (χ1n) is 0.783. The molecule has 0 aromatic carbocycles. The Morgan fingerprint density at radius 3 is 1.14 bits per heavy atom. The minimum Gasteiger partial charge on any atom is 0.316 e. The normalized spacial score (nSPS) is 8.43. The first kappa shape index (κ1) is 15.8. The van der Waals surface area contributed by atoms with Gasteiger partial charge < -0.3 is 14.7 Å². The van der Waals surface area contributed by atoms with Crippen molar-refractivity contribution in [1.82, 2.24) is 0 Å². The zero-order valence-corrected chi connectivity index (χ0v) is 3.09. The van der Waals surface area contributed by atoms with E-state index in [4.69, 9.17) is 19.2 Å². The molecule has 3 N–H and O–H groups in total. The summed E-state index contributed by atoms with van der Waals surface area (Å²) < 4.78 is 8.88. The van der Waals surface area contributed by atoms with Crippen LogP contribution >= 0.6 is 7.82 Å². The Kier molecular flexibility index (Phi) is 12.7. The molecule has 7 heteroatoms. The molecule has 0 aromatic heterocycles. The van der Waals surface area contributed by atoms with Gasteiger partial charge in [0.25, 0.3) is 0 Å². The second kappa shape index (κ2) is 5.61. The summed E-state index contributed by atoms with van der Waals surface area (Å²) in [6.45, 7) is 0. The van der Waals surface area contributed by atoms with Crippen LogP contribution in [0.2, 0.25) is 0 Å². The molecular weight excluding hydrogens is 126 g/mol. The van der Waals surface area contributed by atoms with E-state index in [0.717, 1.165) is 0 Å². The van der Waals surface area contributed by atoms with E-state index in [0.29, 0.717) is 0 Å². The molecule has 0 heterocycles. The Morgan fingerprint density at radius 2 is 1.14 bits per heavy atom. The predicted octanol–water partition coefficient (Wildman–Crippen LogP) is -2.49. The van der Waals surface area contributed by atoms with Crippen LogP contribution in [0.4, 0.5) is 0 Å². The minimum absolute atomic E-state index is 0. The maximum absolute atomic E-state index is 8.88. The second-order valence-corrected chi connectivity index (χ2v) is 1.54. The maximum Gasteiger partial charge on any atom is 0.316 e. The Labute approximate surface area is 68.9 Å². The van der Waals surface area contributed by atoms with Crippen LogP contribution in [0.25, 0.3) is 0 Å². The van der Waals surface area contributed by atoms with E-state index < -0.39 is 7.82 Å². The average molecular weight is 132 g/mol. The fraction of sp³-hybridized carbons (Fsp3) is 0. The van der Waals surface area contributed by atoms with Crippen LogP contribution < -0.4 is 0 Å². The van der Waals surface area contributed by atoms with Crippen molar-refractivity contribution < 1.29 is 19.2 Å². The third-order valence-corrected chi connectivity index (χ3v) is 0. The molecule has 0 atom stereocenters. The molecule has 0 amide bonds. The fourth-order valence-electron chi connectivity index (χ4n) is 0. The fourth-order valence-corrected chi connectivity index (χ4v) is 0. The van der Waals surface area contributed by atoms with Crippen molar-refractivity contribution in [2.45, 2.75) is 0 Å². The summed E-state index contributed by atoms with van der Waals surface area (Å²) in [6.07, 6.45) is 0. The Balaban J connectivity index is -0.0000000800. The van der Waals surface area contributed by atoms with Gasteiger partial charge in [-0.15, -0.1) is 0 Å². The van der Waals surface area contributed by atoms with Crippen LogP contribution in [0.15, 0.2) is 0 Å². The van der Waals surface area contributed by atoms with Crippen LogP contribution in [0, 0.1) is 0 Å². The molecule has 0 bridgehead atoms. The van der Waals surface area contributed by atoms with Crippen molar-refractivity contribution in [1.29, 1.82) is 0 Å². The van der Waals surface area contributed by atoms with E-state index in [1.165, 1.54) is 0 Å². The van der Waals surface area contributed by atoms with Gasteiger partial charge in [-0.2, -0.15) is 0 Å². The molecule has 4 nitrogen and oxygen atoms in total. The molecule has 0 fully saturated rings. The topological polar surface area (TPSA) is 77.8 Å². The standard InChI is InChI=1S/Li.Mg.H3O4P.3H/c;;1-5(2,3)4;;;/h;;(H3,1,2,3,4);;;. The molecule has 7 heavy (non-hydrogen) atoms. The monoisotopic (exact) mass is 132 g/mol. The summed E-state index contributed by atoms with van der Waals surface area (Å²) in [5.41, 5.74) is 0. The first-order valence-corrected chi connectivity index (χ1v) is 2.35. The van der Waals surface area contributed by atoms with Crippen LogP contribution in [-0.4, -0.2) is 56.6 Å². The molecule has 0 saturated carbocycles. The average Bonchev–Trinajstić information content (AvgIpc) is 0.722.